The van der Waals surface area contributed by atoms with Crippen LogP contribution in [0.25, 0.3) is 0 Å². The van der Waals surface area contributed by atoms with E-state index in [9.17, 15) is 9.18 Å². The van der Waals surface area contributed by atoms with Gasteiger partial charge in [0.2, 0.25) is 0 Å². The van der Waals surface area contributed by atoms with Gasteiger partial charge in [-0.25, -0.2) is 9.37 Å². The maximum atomic E-state index is 13.1. The Morgan fingerprint density at radius 3 is 2.92 bits per heavy atom. The zero-order valence-electron chi connectivity index (χ0n) is 13.3. The highest BCUT2D eigenvalue weighted by atomic mass is 19.1. The van der Waals surface area contributed by atoms with Gasteiger partial charge < -0.3 is 16.4 Å². The van der Waals surface area contributed by atoms with Crippen LogP contribution < -0.4 is 16.4 Å². The Morgan fingerprint density at radius 2 is 2.20 bits per heavy atom. The number of pyridine rings is 2. The Morgan fingerprint density at radius 1 is 1.40 bits per heavy atom. The Balaban J connectivity index is 0.00000225. The minimum atomic E-state index is -0.562. The summed E-state index contributed by atoms with van der Waals surface area (Å²) in [7, 11) is 0. The number of Topliss-reactive ketones (excluding diaryl/α,β-unsaturated/α-hetero) is 1. The van der Waals surface area contributed by atoms with Gasteiger partial charge in [0.25, 0.3) is 0 Å². The molecule has 3 rings (SSSR count). The zero-order chi connectivity index (χ0) is 17.1. The number of nitrogens with two attached hydrogens (primary N) is 2. The third kappa shape index (κ3) is 4.30. The number of rotatable bonds is 4. The fourth-order valence-corrected chi connectivity index (χ4v) is 3.04. The first-order valence-electron chi connectivity index (χ1n) is 7.92. The smallest absolute Gasteiger partial charge is 0.187 e. The van der Waals surface area contributed by atoms with Gasteiger partial charge in [-0.05, 0) is 18.9 Å². The molecule has 134 valence electrons. The molecule has 0 spiro atoms. The summed E-state index contributed by atoms with van der Waals surface area (Å²) in [6, 6.07) is 3.13. The van der Waals surface area contributed by atoms with Crippen LogP contribution in [0.5, 0.6) is 0 Å². The maximum absolute atomic E-state index is 13.1. The molecule has 0 radical (unpaired) electrons. The Bertz CT molecular complexity index is 752. The van der Waals surface area contributed by atoms with E-state index in [1.807, 2.05) is 6.07 Å². The van der Waals surface area contributed by atoms with Crippen molar-refractivity contribution in [2.24, 2.45) is 5.73 Å². The number of carbonyl (C=O) groups excluding carboxylic acids is 1. The highest BCUT2D eigenvalue weighted by Gasteiger charge is 2.21. The lowest BCUT2D eigenvalue weighted by atomic mass is 10.0. The molecule has 0 aromatic carbocycles. The number of halogens is 1. The predicted octanol–water partition coefficient (Wildman–Crippen LogP) is 2.19. The summed E-state index contributed by atoms with van der Waals surface area (Å²) < 4.78 is 13.1. The van der Waals surface area contributed by atoms with Crippen LogP contribution in [0.15, 0.2) is 30.7 Å². The number of carbonyl (C=O) groups is 1. The van der Waals surface area contributed by atoms with Crippen LogP contribution in [0.2, 0.25) is 0 Å². The predicted molar refractivity (Wildman–Crippen MR) is 97.0 cm³/mol. The fourth-order valence-electron chi connectivity index (χ4n) is 3.04. The molecular formula is C18H24FN5O. The second-order valence-electron chi connectivity index (χ2n) is 6.04. The van der Waals surface area contributed by atoms with Gasteiger partial charge in [-0.2, -0.15) is 0 Å². The van der Waals surface area contributed by atoms with Crippen LogP contribution in [0.4, 0.5) is 15.8 Å². The van der Waals surface area contributed by atoms with E-state index in [1.165, 1.54) is 0 Å². The standard InChI is InChI=1S/C17H20FN5O.CH4/c18-12-7-14(20)17(22-9-12)16(24)6-11-8-21-4-3-15(11)23-5-1-2-13(19)10-23;/h3-4,7-9,13H,1-2,5-6,10,19-20H2;1H4/t13-;/m0./s1. The van der Waals surface area contributed by atoms with Gasteiger partial charge in [-0.1, -0.05) is 7.43 Å². The number of nitrogen functional groups attached to an aromatic ring is 1. The molecule has 1 fully saturated rings. The molecule has 2 aromatic heterocycles. The van der Waals surface area contributed by atoms with E-state index in [-0.39, 0.29) is 37.1 Å². The molecule has 0 unspecified atom stereocenters. The molecule has 1 aliphatic rings. The van der Waals surface area contributed by atoms with Gasteiger partial charge in [-0.3, -0.25) is 9.78 Å². The highest BCUT2D eigenvalue weighted by molar-refractivity contribution is 6.00. The molecular weight excluding hydrogens is 321 g/mol. The lowest BCUT2D eigenvalue weighted by molar-refractivity contribution is 0.0989. The van der Waals surface area contributed by atoms with Crippen molar-refractivity contribution in [1.29, 1.82) is 0 Å². The summed E-state index contributed by atoms with van der Waals surface area (Å²) in [5.41, 5.74) is 13.6. The first kappa shape index (κ1) is 18.8. The third-order valence-electron chi connectivity index (χ3n) is 4.18. The van der Waals surface area contributed by atoms with Crippen LogP contribution in [0, 0.1) is 5.82 Å². The SMILES string of the molecule is C.Nc1cc(F)cnc1C(=O)Cc1cnccc1N1CCC[C@H](N)C1. The van der Waals surface area contributed by atoms with Crippen molar-refractivity contribution in [2.75, 3.05) is 23.7 Å². The number of anilines is 2. The van der Waals surface area contributed by atoms with Gasteiger partial charge in [0.05, 0.1) is 11.9 Å². The Kier molecular flexibility index (Phi) is 6.03. The molecule has 0 bridgehead atoms. The van der Waals surface area contributed by atoms with Crippen LogP contribution >= 0.6 is 0 Å². The van der Waals surface area contributed by atoms with Gasteiger partial charge in [0, 0.05) is 55.3 Å². The molecule has 0 aliphatic carbocycles. The summed E-state index contributed by atoms with van der Waals surface area (Å²) >= 11 is 0. The summed E-state index contributed by atoms with van der Waals surface area (Å²) in [4.78, 5) is 22.6. The van der Waals surface area contributed by atoms with E-state index in [2.05, 4.69) is 14.9 Å². The topological polar surface area (TPSA) is 98.1 Å². The average Bonchev–Trinajstić information content (AvgIpc) is 2.55. The third-order valence-corrected chi connectivity index (χ3v) is 4.18. The van der Waals surface area contributed by atoms with E-state index in [0.29, 0.717) is 0 Å². The highest BCUT2D eigenvalue weighted by Crippen LogP contribution is 2.25. The first-order chi connectivity index (χ1) is 11.5. The van der Waals surface area contributed by atoms with E-state index in [4.69, 9.17) is 11.5 Å². The number of piperidine rings is 1. The number of hydrogen-bond acceptors (Lipinski definition) is 6. The fraction of sp³-hybridized carbons (Fsp3) is 0.389. The molecule has 0 saturated carbocycles. The largest absolute Gasteiger partial charge is 0.397 e. The van der Waals surface area contributed by atoms with Crippen molar-refractivity contribution in [3.8, 4) is 0 Å². The quantitative estimate of drug-likeness (QED) is 0.824. The van der Waals surface area contributed by atoms with Crippen LogP contribution in [0.3, 0.4) is 0 Å². The molecule has 3 heterocycles. The second-order valence-corrected chi connectivity index (χ2v) is 6.04. The summed E-state index contributed by atoms with van der Waals surface area (Å²) in [5.74, 6) is -0.823. The number of hydrogen-bond donors (Lipinski definition) is 2. The monoisotopic (exact) mass is 345 g/mol. The molecule has 2 aromatic rings. The van der Waals surface area contributed by atoms with E-state index in [1.54, 1.807) is 12.4 Å². The number of ketones is 1. The lowest BCUT2D eigenvalue weighted by Gasteiger charge is -2.33. The average molecular weight is 345 g/mol. The van der Waals surface area contributed by atoms with Crippen LogP contribution in [0.1, 0.15) is 36.3 Å². The van der Waals surface area contributed by atoms with Crippen molar-refractivity contribution >= 4 is 17.2 Å². The van der Waals surface area contributed by atoms with Crippen molar-refractivity contribution in [3.05, 3.63) is 47.8 Å². The van der Waals surface area contributed by atoms with Crippen LogP contribution in [-0.2, 0) is 6.42 Å². The van der Waals surface area contributed by atoms with E-state index < -0.39 is 5.82 Å². The van der Waals surface area contributed by atoms with E-state index in [0.717, 1.165) is 49.4 Å². The van der Waals surface area contributed by atoms with Crippen molar-refractivity contribution in [2.45, 2.75) is 32.7 Å². The molecule has 1 atom stereocenters. The normalized spacial score (nSPS) is 17.0. The van der Waals surface area contributed by atoms with Gasteiger partial charge in [-0.15, -0.1) is 0 Å². The molecule has 6 nitrogen and oxygen atoms in total. The first-order valence-corrected chi connectivity index (χ1v) is 7.92. The van der Waals surface area contributed by atoms with Crippen molar-refractivity contribution < 1.29 is 9.18 Å². The van der Waals surface area contributed by atoms with Crippen molar-refractivity contribution in [3.63, 3.8) is 0 Å². The Hall–Kier alpha value is -2.54. The molecule has 7 heteroatoms. The second kappa shape index (κ2) is 8.02. The minimum absolute atomic E-state index is 0. The molecule has 1 saturated heterocycles. The van der Waals surface area contributed by atoms with Gasteiger partial charge in [0.1, 0.15) is 11.5 Å². The van der Waals surface area contributed by atoms with Gasteiger partial charge in [0.15, 0.2) is 5.78 Å². The molecule has 25 heavy (non-hydrogen) atoms. The van der Waals surface area contributed by atoms with E-state index >= 15 is 0 Å². The van der Waals surface area contributed by atoms with Crippen LogP contribution in [-0.4, -0.2) is 34.9 Å². The molecule has 0 amide bonds. The summed E-state index contributed by atoms with van der Waals surface area (Å²) in [6.07, 6.45) is 6.51. The number of nitrogens with zero attached hydrogens (tertiary/aromatic N) is 3. The molecule has 4 N–H and O–H groups in total. The minimum Gasteiger partial charge on any atom is -0.397 e. The summed E-state index contributed by atoms with van der Waals surface area (Å²) in [5, 5.41) is 0. The molecule has 1 aliphatic heterocycles. The van der Waals surface area contributed by atoms with Crippen molar-refractivity contribution in [1.82, 2.24) is 9.97 Å². The Labute approximate surface area is 147 Å². The lowest BCUT2D eigenvalue weighted by Crippen LogP contribution is -2.43. The maximum Gasteiger partial charge on any atom is 0.187 e. The van der Waals surface area contributed by atoms with Gasteiger partial charge >= 0.3 is 0 Å². The summed E-state index contributed by atoms with van der Waals surface area (Å²) in [6.45, 7) is 1.65. The number of aromatic nitrogens is 2. The zero-order valence-corrected chi connectivity index (χ0v) is 13.3.